The molecule has 1 fully saturated rings. The number of benzene rings is 1. The van der Waals surface area contributed by atoms with Gasteiger partial charge in [-0.3, -0.25) is 4.79 Å². The Balaban J connectivity index is 1.59. The van der Waals surface area contributed by atoms with E-state index in [9.17, 15) is 9.59 Å². The molecule has 2 heterocycles. The van der Waals surface area contributed by atoms with E-state index in [2.05, 4.69) is 10.3 Å². The summed E-state index contributed by atoms with van der Waals surface area (Å²) < 4.78 is 5.27. The molecule has 0 bridgehead atoms. The molecule has 6 nitrogen and oxygen atoms in total. The second-order valence-corrected chi connectivity index (χ2v) is 9.63. The number of ether oxygens (including phenoxy) is 1. The van der Waals surface area contributed by atoms with E-state index in [1.807, 2.05) is 56.9 Å². The summed E-state index contributed by atoms with van der Waals surface area (Å²) in [4.78, 5) is 31.2. The Hall–Kier alpha value is -2.12. The minimum absolute atomic E-state index is 0.0752. The lowest BCUT2D eigenvalue weighted by Crippen LogP contribution is -2.37. The fourth-order valence-corrected chi connectivity index (χ4v) is 4.29. The van der Waals surface area contributed by atoms with Crippen LogP contribution >= 0.6 is 22.9 Å². The largest absolute Gasteiger partial charge is 0.444 e. The van der Waals surface area contributed by atoms with Gasteiger partial charge in [-0.05, 0) is 52.2 Å². The quantitative estimate of drug-likeness (QED) is 0.745. The molecule has 3 rings (SSSR count). The van der Waals surface area contributed by atoms with E-state index in [1.54, 1.807) is 5.38 Å². The van der Waals surface area contributed by atoms with Crippen molar-refractivity contribution in [3.05, 3.63) is 40.4 Å². The first-order chi connectivity index (χ1) is 13.6. The van der Waals surface area contributed by atoms with Crippen molar-refractivity contribution in [2.75, 3.05) is 13.1 Å². The van der Waals surface area contributed by atoms with Crippen molar-refractivity contribution in [3.63, 3.8) is 0 Å². The van der Waals surface area contributed by atoms with Crippen molar-refractivity contribution < 1.29 is 14.3 Å². The van der Waals surface area contributed by atoms with Crippen molar-refractivity contribution in [2.45, 2.75) is 45.8 Å². The van der Waals surface area contributed by atoms with Gasteiger partial charge in [-0.1, -0.05) is 23.7 Å². The Morgan fingerprint density at radius 1 is 1.31 bits per heavy atom. The zero-order valence-electron chi connectivity index (χ0n) is 17.1. The highest BCUT2D eigenvalue weighted by Gasteiger charge is 2.34. The molecule has 1 aliphatic rings. The molecule has 1 aliphatic heterocycles. The molecule has 0 spiro atoms. The lowest BCUT2D eigenvalue weighted by molar-refractivity contribution is 0.0520. The third-order valence-corrected chi connectivity index (χ3v) is 5.81. The SMILES string of the molecule is C[C@@H]1C[C@H](CNC(=O)OC(C)(C)C)CN1C(=O)c1csc(-c2ccc(Cl)cc2)n1. The van der Waals surface area contributed by atoms with Gasteiger partial charge >= 0.3 is 6.09 Å². The summed E-state index contributed by atoms with van der Waals surface area (Å²) in [6.45, 7) is 8.59. The van der Waals surface area contributed by atoms with Crippen LogP contribution in [0.2, 0.25) is 5.02 Å². The Bertz CT molecular complexity index is 876. The number of thiazole rings is 1. The van der Waals surface area contributed by atoms with Gasteiger partial charge in [0.25, 0.3) is 5.91 Å². The van der Waals surface area contributed by atoms with Crippen LogP contribution in [0.25, 0.3) is 10.6 Å². The first-order valence-electron chi connectivity index (χ1n) is 9.61. The topological polar surface area (TPSA) is 71.5 Å². The van der Waals surface area contributed by atoms with Gasteiger partial charge in [0.2, 0.25) is 0 Å². The molecule has 0 unspecified atom stereocenters. The van der Waals surface area contributed by atoms with E-state index in [4.69, 9.17) is 16.3 Å². The van der Waals surface area contributed by atoms with Gasteiger partial charge < -0.3 is 15.0 Å². The minimum atomic E-state index is -0.526. The molecule has 29 heavy (non-hydrogen) atoms. The van der Waals surface area contributed by atoms with Crippen LogP contribution in [0.3, 0.4) is 0 Å². The minimum Gasteiger partial charge on any atom is -0.444 e. The van der Waals surface area contributed by atoms with Crippen LogP contribution in [-0.4, -0.2) is 46.6 Å². The smallest absolute Gasteiger partial charge is 0.407 e. The number of nitrogens with one attached hydrogen (secondary N) is 1. The van der Waals surface area contributed by atoms with Crippen LogP contribution in [0.1, 0.15) is 44.6 Å². The predicted octanol–water partition coefficient (Wildman–Crippen LogP) is 4.84. The van der Waals surface area contributed by atoms with Gasteiger partial charge in [0, 0.05) is 35.1 Å². The third-order valence-electron chi connectivity index (χ3n) is 4.67. The number of carbonyl (C=O) groups is 2. The molecule has 156 valence electrons. The number of hydrogen-bond donors (Lipinski definition) is 1. The molecule has 2 amide bonds. The summed E-state index contributed by atoms with van der Waals surface area (Å²) >= 11 is 7.38. The number of amides is 2. The Morgan fingerprint density at radius 3 is 2.66 bits per heavy atom. The number of carbonyl (C=O) groups excluding carboxylic acids is 2. The zero-order valence-corrected chi connectivity index (χ0v) is 18.6. The highest BCUT2D eigenvalue weighted by atomic mass is 35.5. The number of nitrogens with zero attached hydrogens (tertiary/aromatic N) is 2. The predicted molar refractivity (Wildman–Crippen MR) is 115 cm³/mol. The van der Waals surface area contributed by atoms with E-state index in [0.29, 0.717) is 23.8 Å². The van der Waals surface area contributed by atoms with Gasteiger partial charge in [0.15, 0.2) is 0 Å². The van der Waals surface area contributed by atoms with Crippen molar-refractivity contribution in [2.24, 2.45) is 5.92 Å². The van der Waals surface area contributed by atoms with Crippen molar-refractivity contribution in [3.8, 4) is 10.6 Å². The summed E-state index contributed by atoms with van der Waals surface area (Å²) in [6, 6.07) is 7.50. The van der Waals surface area contributed by atoms with Gasteiger partial charge in [-0.2, -0.15) is 0 Å². The number of hydrogen-bond acceptors (Lipinski definition) is 5. The lowest BCUT2D eigenvalue weighted by Gasteiger charge is -2.21. The van der Waals surface area contributed by atoms with Crippen LogP contribution in [-0.2, 0) is 4.74 Å². The fourth-order valence-electron chi connectivity index (χ4n) is 3.36. The van der Waals surface area contributed by atoms with Crippen LogP contribution in [0.4, 0.5) is 4.79 Å². The summed E-state index contributed by atoms with van der Waals surface area (Å²) in [5, 5.41) is 6.06. The molecule has 1 aromatic carbocycles. The highest BCUT2D eigenvalue weighted by molar-refractivity contribution is 7.13. The standard InChI is InChI=1S/C21H26ClN3O3S/c1-13-9-14(10-23-20(27)28-21(2,3)4)11-25(13)19(26)17-12-29-18(24-17)15-5-7-16(22)8-6-15/h5-8,12-14H,9-11H2,1-4H3,(H,23,27)/t13-,14-/m1/s1. The van der Waals surface area contributed by atoms with E-state index < -0.39 is 11.7 Å². The number of rotatable bonds is 4. The summed E-state index contributed by atoms with van der Waals surface area (Å²) in [5.41, 5.74) is 0.862. The Labute approximate surface area is 180 Å². The van der Waals surface area contributed by atoms with E-state index in [1.165, 1.54) is 11.3 Å². The maximum absolute atomic E-state index is 13.0. The van der Waals surface area contributed by atoms with Gasteiger partial charge in [-0.25, -0.2) is 9.78 Å². The Morgan fingerprint density at radius 2 is 2.00 bits per heavy atom. The van der Waals surface area contributed by atoms with Crippen molar-refractivity contribution in [1.29, 1.82) is 0 Å². The first-order valence-corrected chi connectivity index (χ1v) is 10.9. The van der Waals surface area contributed by atoms with E-state index in [0.717, 1.165) is 17.0 Å². The lowest BCUT2D eigenvalue weighted by atomic mass is 10.1. The maximum atomic E-state index is 13.0. The molecule has 0 radical (unpaired) electrons. The van der Waals surface area contributed by atoms with E-state index >= 15 is 0 Å². The molecular formula is C21H26ClN3O3S. The Kier molecular flexibility index (Phi) is 6.49. The van der Waals surface area contributed by atoms with Crippen LogP contribution in [0.15, 0.2) is 29.6 Å². The molecule has 0 saturated carbocycles. The summed E-state index contributed by atoms with van der Waals surface area (Å²) in [5.74, 6) is 0.115. The molecule has 1 aromatic heterocycles. The van der Waals surface area contributed by atoms with Crippen molar-refractivity contribution in [1.82, 2.24) is 15.2 Å². The molecule has 2 aromatic rings. The van der Waals surface area contributed by atoms with E-state index in [-0.39, 0.29) is 17.9 Å². The maximum Gasteiger partial charge on any atom is 0.407 e. The van der Waals surface area contributed by atoms with Crippen LogP contribution in [0.5, 0.6) is 0 Å². The number of aromatic nitrogens is 1. The third kappa shape index (κ3) is 5.70. The molecule has 8 heteroatoms. The molecule has 1 saturated heterocycles. The number of alkyl carbamates (subject to hydrolysis) is 1. The first kappa shape index (κ1) is 21.6. The molecule has 0 aliphatic carbocycles. The van der Waals surface area contributed by atoms with Gasteiger partial charge in [0.1, 0.15) is 16.3 Å². The number of likely N-dealkylation sites (tertiary alicyclic amines) is 1. The second kappa shape index (κ2) is 8.71. The summed E-state index contributed by atoms with van der Waals surface area (Å²) in [7, 11) is 0. The summed E-state index contributed by atoms with van der Waals surface area (Å²) in [6.07, 6.45) is 0.400. The van der Waals surface area contributed by atoms with Gasteiger partial charge in [-0.15, -0.1) is 11.3 Å². The zero-order chi connectivity index (χ0) is 21.2. The normalized spacial score (nSPS) is 19.3. The van der Waals surface area contributed by atoms with Crippen LogP contribution < -0.4 is 5.32 Å². The molecule has 2 atom stereocenters. The average molecular weight is 436 g/mol. The average Bonchev–Trinajstić information content (AvgIpc) is 3.26. The second-order valence-electron chi connectivity index (χ2n) is 8.34. The number of halogens is 1. The molecule has 1 N–H and O–H groups in total. The van der Waals surface area contributed by atoms with Crippen molar-refractivity contribution >= 4 is 34.9 Å². The van der Waals surface area contributed by atoms with Crippen LogP contribution in [0, 0.1) is 5.92 Å². The van der Waals surface area contributed by atoms with Gasteiger partial charge in [0.05, 0.1) is 0 Å². The monoisotopic (exact) mass is 435 g/mol. The highest BCUT2D eigenvalue weighted by Crippen LogP contribution is 2.28. The molecular weight excluding hydrogens is 410 g/mol. The fraction of sp³-hybridized carbons (Fsp3) is 0.476.